The highest BCUT2D eigenvalue weighted by Gasteiger charge is 2.45. The number of aromatic nitrogens is 4. The van der Waals surface area contributed by atoms with Crippen LogP contribution in [-0.2, 0) is 4.74 Å². The Balaban J connectivity index is 1.73. The van der Waals surface area contributed by atoms with Crippen LogP contribution in [0.25, 0.3) is 11.2 Å². The maximum atomic E-state index is 12.3. The smallest absolute Gasteiger partial charge is 0.280 e. The summed E-state index contributed by atoms with van der Waals surface area (Å²) >= 11 is 3.14. The zero-order valence-electron chi connectivity index (χ0n) is 16.5. The third kappa shape index (κ3) is 4.27. The standard InChI is InChI=1S/C17H18BrN8O7/c18-7-2-1-6(3-8(7)26(31)32)4-20-24-17-21-10-13(22-16(19)23-14(10)30)25(17)15-12(29)11(28)9(5-27)33-15/h1-4,9,11-12,15,27-29,31H,5H2,(H,21,24)(H3,19,22,23,30)/q-1/b20-4-/t9-,11+,12+,15-/m1/s1. The van der Waals surface area contributed by atoms with E-state index in [1.54, 1.807) is 6.07 Å². The summed E-state index contributed by atoms with van der Waals surface area (Å²) in [6.07, 6.45) is -3.98. The summed E-state index contributed by atoms with van der Waals surface area (Å²) in [5, 5.41) is 54.1. The molecule has 0 amide bonds. The summed E-state index contributed by atoms with van der Waals surface area (Å²) in [5.41, 5.74) is 7.74. The lowest BCUT2D eigenvalue weighted by molar-refractivity contribution is -0.0501. The van der Waals surface area contributed by atoms with Crippen LogP contribution >= 0.6 is 15.9 Å². The van der Waals surface area contributed by atoms with Gasteiger partial charge < -0.3 is 36.2 Å². The molecule has 1 saturated heterocycles. The number of imidazole rings is 1. The summed E-state index contributed by atoms with van der Waals surface area (Å²) < 4.78 is 7.09. The van der Waals surface area contributed by atoms with Crippen molar-refractivity contribution in [1.29, 1.82) is 0 Å². The largest absolute Gasteiger partial charge is 0.733 e. The predicted octanol–water partition coefficient (Wildman–Crippen LogP) is -0.785. The van der Waals surface area contributed by atoms with Gasteiger partial charge in [-0.3, -0.25) is 19.6 Å². The van der Waals surface area contributed by atoms with E-state index in [0.717, 1.165) is 0 Å². The zero-order chi connectivity index (χ0) is 23.9. The van der Waals surface area contributed by atoms with E-state index in [9.17, 15) is 25.3 Å². The molecule has 1 aliphatic rings. The lowest BCUT2D eigenvalue weighted by Gasteiger charge is -2.23. The van der Waals surface area contributed by atoms with Gasteiger partial charge in [-0.15, -0.1) is 0 Å². The molecule has 0 bridgehead atoms. The van der Waals surface area contributed by atoms with Crippen molar-refractivity contribution >= 4 is 50.9 Å². The molecule has 0 saturated carbocycles. The van der Waals surface area contributed by atoms with Crippen LogP contribution in [0.5, 0.6) is 0 Å². The molecule has 1 aliphatic heterocycles. The molecular weight excluding hydrogens is 508 g/mol. The number of rotatable bonds is 6. The van der Waals surface area contributed by atoms with Crippen molar-refractivity contribution in [3.8, 4) is 0 Å². The zero-order valence-corrected chi connectivity index (χ0v) is 18.1. The predicted molar refractivity (Wildman–Crippen MR) is 119 cm³/mol. The molecule has 0 unspecified atom stereocenters. The third-order valence-corrected chi connectivity index (χ3v) is 5.57. The molecule has 1 aromatic carbocycles. The number of nitrogen functional groups attached to an aromatic ring is 1. The number of aliphatic hydroxyl groups is 3. The molecule has 4 rings (SSSR count). The average molecular weight is 526 g/mol. The van der Waals surface area contributed by atoms with Crippen molar-refractivity contribution in [2.24, 2.45) is 5.10 Å². The van der Waals surface area contributed by atoms with E-state index in [1.165, 1.54) is 22.9 Å². The second-order valence-corrected chi connectivity index (χ2v) is 7.87. The van der Waals surface area contributed by atoms with Crippen LogP contribution in [0.4, 0.5) is 17.6 Å². The Morgan fingerprint density at radius 2 is 2.15 bits per heavy atom. The second-order valence-electron chi connectivity index (χ2n) is 7.01. The highest BCUT2D eigenvalue weighted by molar-refractivity contribution is 9.10. The van der Waals surface area contributed by atoms with Crippen molar-refractivity contribution < 1.29 is 25.3 Å². The molecule has 0 radical (unpaired) electrons. The van der Waals surface area contributed by atoms with Crippen molar-refractivity contribution in [2.75, 3.05) is 23.0 Å². The summed E-state index contributed by atoms with van der Waals surface area (Å²) in [6, 6.07) is 4.48. The topological polar surface area (TPSA) is 230 Å². The lowest BCUT2D eigenvalue weighted by Crippen LogP contribution is -2.33. The molecule has 3 aromatic rings. The van der Waals surface area contributed by atoms with Crippen LogP contribution in [-0.4, -0.2) is 71.2 Å². The molecule has 8 N–H and O–H groups in total. The van der Waals surface area contributed by atoms with Crippen molar-refractivity contribution in [3.05, 3.63) is 43.8 Å². The quantitative estimate of drug-likeness (QED) is 0.155. The number of anilines is 3. The van der Waals surface area contributed by atoms with Gasteiger partial charge in [0.1, 0.15) is 18.3 Å². The number of nitrogens with zero attached hydrogens (tertiary/aromatic N) is 5. The fourth-order valence-electron chi connectivity index (χ4n) is 3.34. The first kappa shape index (κ1) is 23.1. The molecule has 1 fully saturated rings. The van der Waals surface area contributed by atoms with Crippen LogP contribution in [0.3, 0.4) is 0 Å². The second kappa shape index (κ2) is 9.02. The van der Waals surface area contributed by atoms with Crippen molar-refractivity contribution in [2.45, 2.75) is 24.5 Å². The van der Waals surface area contributed by atoms with Crippen LogP contribution in [0.1, 0.15) is 11.8 Å². The van der Waals surface area contributed by atoms with E-state index in [1.807, 2.05) is 0 Å². The highest BCUT2D eigenvalue weighted by atomic mass is 79.9. The van der Waals surface area contributed by atoms with Gasteiger partial charge in [0, 0.05) is 4.47 Å². The average Bonchev–Trinajstić information content (AvgIpc) is 3.26. The number of nitrogens with one attached hydrogen (secondary N) is 2. The van der Waals surface area contributed by atoms with Gasteiger partial charge in [-0.05, 0) is 33.6 Å². The maximum absolute atomic E-state index is 12.3. The van der Waals surface area contributed by atoms with Gasteiger partial charge >= 0.3 is 0 Å². The molecule has 0 aliphatic carbocycles. The van der Waals surface area contributed by atoms with Gasteiger partial charge in [-0.1, -0.05) is 6.07 Å². The summed E-state index contributed by atoms with van der Waals surface area (Å²) in [5.74, 6) is -0.311. The summed E-state index contributed by atoms with van der Waals surface area (Å²) in [7, 11) is 0. The van der Waals surface area contributed by atoms with Crippen molar-refractivity contribution in [3.63, 3.8) is 0 Å². The molecule has 2 aromatic heterocycles. The van der Waals surface area contributed by atoms with Crippen molar-refractivity contribution in [1.82, 2.24) is 19.5 Å². The van der Waals surface area contributed by atoms with E-state index in [-0.39, 0.29) is 34.0 Å². The molecule has 33 heavy (non-hydrogen) atoms. The first-order valence-corrected chi connectivity index (χ1v) is 10.2. The molecule has 176 valence electrons. The number of hydrazone groups is 1. The number of halogens is 1. The Hall–Kier alpha value is -3.12. The van der Waals surface area contributed by atoms with Crippen LogP contribution in [0, 0.1) is 5.21 Å². The monoisotopic (exact) mass is 525 g/mol. The number of nitrogens with two attached hydrogens (primary N) is 1. The molecule has 16 heteroatoms. The summed E-state index contributed by atoms with van der Waals surface area (Å²) in [4.78, 5) is 22.8. The number of hydrogen-bond donors (Lipinski definition) is 7. The molecular formula is C17H18BrN8O7-. The number of ether oxygens (including phenoxy) is 1. The highest BCUT2D eigenvalue weighted by Crippen LogP contribution is 2.34. The van der Waals surface area contributed by atoms with Gasteiger partial charge in [0.15, 0.2) is 17.4 Å². The number of fused-ring (bicyclic) bond motifs is 1. The Bertz CT molecular complexity index is 1260. The Labute approximate surface area is 192 Å². The Kier molecular flexibility index (Phi) is 6.30. The van der Waals surface area contributed by atoms with Crippen LogP contribution in [0.15, 0.2) is 32.6 Å². The van der Waals surface area contributed by atoms with E-state index in [0.29, 0.717) is 10.0 Å². The molecule has 3 heterocycles. The van der Waals surface area contributed by atoms with E-state index in [2.05, 4.69) is 41.4 Å². The minimum absolute atomic E-state index is 0.0519. The Morgan fingerprint density at radius 1 is 1.39 bits per heavy atom. The van der Waals surface area contributed by atoms with E-state index >= 15 is 0 Å². The van der Waals surface area contributed by atoms with Gasteiger partial charge in [-0.2, -0.15) is 10.1 Å². The van der Waals surface area contributed by atoms with Gasteiger partial charge in [0.2, 0.25) is 11.9 Å². The van der Waals surface area contributed by atoms with E-state index < -0.39 is 36.7 Å². The number of hydrogen-bond acceptors (Lipinski definition) is 13. The minimum Gasteiger partial charge on any atom is -0.733 e. The number of benzene rings is 1. The number of aliphatic hydroxyl groups excluding tert-OH is 3. The fourth-order valence-corrected chi connectivity index (χ4v) is 3.73. The third-order valence-electron chi connectivity index (χ3n) is 4.89. The number of H-pyrrole nitrogens is 1. The SMILES string of the molecule is Nc1nc2c(nc(N/N=C\c3ccc(Br)c(N([O-])O)c3)n2[C@@H]2O[C@H](CO)[C@H](O)[C@@H]2O)c(=O)[nH]1. The summed E-state index contributed by atoms with van der Waals surface area (Å²) in [6.45, 7) is -0.564. The first-order valence-electron chi connectivity index (χ1n) is 9.36. The molecule has 0 spiro atoms. The Morgan fingerprint density at radius 3 is 2.82 bits per heavy atom. The molecule has 4 atom stereocenters. The van der Waals surface area contributed by atoms with Gasteiger partial charge in [-0.25, -0.2) is 10.4 Å². The van der Waals surface area contributed by atoms with Gasteiger partial charge in [0.05, 0.1) is 18.5 Å². The minimum atomic E-state index is -1.49. The van der Waals surface area contributed by atoms with Gasteiger partial charge in [0.25, 0.3) is 5.56 Å². The number of aromatic amines is 1. The first-order chi connectivity index (χ1) is 15.7. The van der Waals surface area contributed by atoms with Crippen LogP contribution < -0.4 is 21.9 Å². The van der Waals surface area contributed by atoms with Crippen LogP contribution in [0.2, 0.25) is 0 Å². The fraction of sp³-hybridized carbons (Fsp3) is 0.294. The molecule has 15 nitrogen and oxygen atoms in total. The van der Waals surface area contributed by atoms with E-state index in [4.69, 9.17) is 15.7 Å². The maximum Gasteiger partial charge on any atom is 0.280 e. The lowest BCUT2D eigenvalue weighted by atomic mass is 10.1. The normalized spacial score (nSPS) is 23.0.